The molecule has 0 aliphatic carbocycles. The molecule has 1 atom stereocenters. The number of aliphatic hydroxyl groups is 1. The van der Waals surface area contributed by atoms with Crippen LogP contribution >= 0.6 is 0 Å². The first-order chi connectivity index (χ1) is 16.4. The van der Waals surface area contributed by atoms with E-state index in [2.05, 4.69) is 4.98 Å². The van der Waals surface area contributed by atoms with Gasteiger partial charge in [-0.2, -0.15) is 0 Å². The fraction of sp³-hybridized carbons (Fsp3) is 0.308. The van der Waals surface area contributed by atoms with Crippen molar-refractivity contribution in [2.45, 2.75) is 13.0 Å². The maximum absolute atomic E-state index is 13.3. The highest BCUT2D eigenvalue weighted by Gasteiger charge is 2.47. The molecule has 1 fully saturated rings. The number of nitrogens with one attached hydrogen (secondary N) is 1. The number of likely N-dealkylation sites (tertiary alicyclic amines) is 1. The molecule has 2 aliphatic heterocycles. The lowest BCUT2D eigenvalue weighted by Gasteiger charge is -2.28. The van der Waals surface area contributed by atoms with Crippen LogP contribution in [-0.2, 0) is 14.3 Å². The number of hydrogen-bond donors (Lipinski definition) is 2. The zero-order valence-electron chi connectivity index (χ0n) is 19.4. The van der Waals surface area contributed by atoms with Crippen molar-refractivity contribution in [1.29, 1.82) is 0 Å². The van der Waals surface area contributed by atoms with Gasteiger partial charge in [0.2, 0.25) is 0 Å². The average Bonchev–Trinajstić information content (AvgIpc) is 3.29. The zero-order chi connectivity index (χ0) is 24.0. The van der Waals surface area contributed by atoms with Gasteiger partial charge in [0.1, 0.15) is 18.1 Å². The second-order valence-corrected chi connectivity index (χ2v) is 8.65. The number of nitrogens with zero attached hydrogens (tertiary/aromatic N) is 2. The molecule has 2 aliphatic rings. The molecule has 1 unspecified atom stereocenters. The third-order valence-electron chi connectivity index (χ3n) is 6.62. The van der Waals surface area contributed by atoms with Crippen LogP contribution in [0.1, 0.15) is 22.9 Å². The smallest absolute Gasteiger partial charge is 0.295 e. The van der Waals surface area contributed by atoms with Gasteiger partial charge in [0.15, 0.2) is 0 Å². The molecule has 2 N–H and O–H groups in total. The molecule has 3 heterocycles. The van der Waals surface area contributed by atoms with Gasteiger partial charge in [-0.1, -0.05) is 18.2 Å². The Morgan fingerprint density at radius 1 is 1.24 bits per heavy atom. The largest absolute Gasteiger partial charge is 0.507 e. The quantitative estimate of drug-likeness (QED) is 0.344. The Kier molecular flexibility index (Phi) is 5.53. The zero-order valence-corrected chi connectivity index (χ0v) is 19.4. The van der Waals surface area contributed by atoms with Crippen molar-refractivity contribution >= 4 is 34.0 Å². The number of ether oxygens (including phenoxy) is 2. The number of rotatable bonds is 5. The van der Waals surface area contributed by atoms with Crippen molar-refractivity contribution in [2.24, 2.45) is 0 Å². The summed E-state index contributed by atoms with van der Waals surface area (Å²) in [5.74, 6) is -0.832. The van der Waals surface area contributed by atoms with Crippen LogP contribution in [0.15, 0.2) is 48.0 Å². The summed E-state index contributed by atoms with van der Waals surface area (Å²) >= 11 is 0. The van der Waals surface area contributed by atoms with E-state index in [9.17, 15) is 14.7 Å². The van der Waals surface area contributed by atoms with Gasteiger partial charge in [-0.3, -0.25) is 9.59 Å². The number of Topliss-reactive ketones (excluding diaryl/α,β-unsaturated/α-hetero) is 1. The number of aromatic nitrogens is 1. The molecule has 176 valence electrons. The topological polar surface area (TPSA) is 95.1 Å². The molecule has 34 heavy (non-hydrogen) atoms. The number of benzene rings is 2. The van der Waals surface area contributed by atoms with Gasteiger partial charge in [-0.25, -0.2) is 0 Å². The molecule has 1 amide bonds. The molecule has 2 aromatic carbocycles. The van der Waals surface area contributed by atoms with E-state index < -0.39 is 17.7 Å². The Morgan fingerprint density at radius 3 is 2.82 bits per heavy atom. The summed E-state index contributed by atoms with van der Waals surface area (Å²) in [7, 11) is 3.50. The number of hydrogen-bond acceptors (Lipinski definition) is 6. The van der Waals surface area contributed by atoms with E-state index in [1.54, 1.807) is 25.3 Å². The van der Waals surface area contributed by atoms with E-state index in [4.69, 9.17) is 9.47 Å². The van der Waals surface area contributed by atoms with Crippen molar-refractivity contribution in [3.63, 3.8) is 0 Å². The van der Waals surface area contributed by atoms with E-state index in [1.165, 1.54) is 4.90 Å². The molecular weight excluding hydrogens is 434 g/mol. The van der Waals surface area contributed by atoms with Crippen molar-refractivity contribution in [3.05, 3.63) is 64.9 Å². The Hall–Kier alpha value is -3.78. The molecule has 0 spiro atoms. The lowest BCUT2D eigenvalue weighted by molar-refractivity contribution is -0.140. The Morgan fingerprint density at radius 2 is 2.03 bits per heavy atom. The van der Waals surface area contributed by atoms with Crippen molar-refractivity contribution in [1.82, 2.24) is 9.88 Å². The van der Waals surface area contributed by atoms with Crippen molar-refractivity contribution in [2.75, 3.05) is 45.4 Å². The second kappa shape index (κ2) is 8.53. The predicted octanol–water partition coefficient (Wildman–Crippen LogP) is 3.37. The van der Waals surface area contributed by atoms with Crippen LogP contribution in [0.5, 0.6) is 5.75 Å². The molecule has 0 radical (unpaired) electrons. The van der Waals surface area contributed by atoms with Crippen LogP contribution in [0.3, 0.4) is 0 Å². The van der Waals surface area contributed by atoms with Crippen LogP contribution in [-0.4, -0.2) is 67.1 Å². The number of carbonyl (C=O) groups excluding carboxylic acids is 2. The molecule has 8 heteroatoms. The van der Waals surface area contributed by atoms with Crippen LogP contribution < -0.4 is 9.64 Å². The fourth-order valence-electron chi connectivity index (χ4n) is 4.90. The number of H-pyrrole nitrogens is 1. The molecule has 1 aromatic heterocycles. The minimum Gasteiger partial charge on any atom is -0.507 e. The van der Waals surface area contributed by atoms with E-state index >= 15 is 0 Å². The number of aromatic amines is 1. The summed E-state index contributed by atoms with van der Waals surface area (Å²) in [6, 6.07) is 12.3. The van der Waals surface area contributed by atoms with Gasteiger partial charge < -0.3 is 29.4 Å². The highest BCUT2D eigenvalue weighted by atomic mass is 16.5. The normalized spacial score (nSPS) is 19.6. The highest BCUT2D eigenvalue weighted by Crippen LogP contribution is 2.44. The first-order valence-corrected chi connectivity index (χ1v) is 11.2. The number of fused-ring (bicyclic) bond motifs is 2. The Labute approximate surface area is 197 Å². The third-order valence-corrected chi connectivity index (χ3v) is 6.62. The minimum absolute atomic E-state index is 0.0771. The third kappa shape index (κ3) is 3.42. The number of para-hydroxylation sites is 1. The number of ketones is 1. The number of aryl methyl sites for hydroxylation is 1. The summed E-state index contributed by atoms with van der Waals surface area (Å²) < 4.78 is 10.9. The molecular formula is C26H27N3O5. The van der Waals surface area contributed by atoms with Crippen LogP contribution in [0, 0.1) is 6.92 Å². The van der Waals surface area contributed by atoms with Gasteiger partial charge in [0, 0.05) is 48.4 Å². The van der Waals surface area contributed by atoms with Gasteiger partial charge in [-0.15, -0.1) is 0 Å². The van der Waals surface area contributed by atoms with Gasteiger partial charge in [0.05, 0.1) is 30.5 Å². The minimum atomic E-state index is -0.740. The SMILES string of the molecule is COCCN1C(=O)C(=O)/C(=C(/O)c2ccc3c(c2)N(C)CCO3)C1c1c(C)[nH]c2ccccc12. The van der Waals surface area contributed by atoms with Gasteiger partial charge >= 0.3 is 0 Å². The van der Waals surface area contributed by atoms with E-state index in [0.29, 0.717) is 18.7 Å². The summed E-state index contributed by atoms with van der Waals surface area (Å²) in [5, 5.41) is 12.4. The molecule has 5 rings (SSSR count). The van der Waals surface area contributed by atoms with Gasteiger partial charge in [0.25, 0.3) is 11.7 Å². The van der Waals surface area contributed by atoms with Gasteiger partial charge in [-0.05, 0) is 31.2 Å². The fourth-order valence-corrected chi connectivity index (χ4v) is 4.90. The maximum atomic E-state index is 13.3. The number of carbonyl (C=O) groups is 2. The maximum Gasteiger partial charge on any atom is 0.295 e. The molecule has 8 nitrogen and oxygen atoms in total. The first kappa shape index (κ1) is 22.0. The van der Waals surface area contributed by atoms with E-state index in [1.807, 2.05) is 43.1 Å². The average molecular weight is 462 g/mol. The summed E-state index contributed by atoms with van der Waals surface area (Å²) in [6.45, 7) is 3.71. The Bertz CT molecular complexity index is 1330. The van der Waals surface area contributed by atoms with E-state index in [-0.39, 0.29) is 24.5 Å². The van der Waals surface area contributed by atoms with Crippen molar-refractivity contribution < 1.29 is 24.2 Å². The highest BCUT2D eigenvalue weighted by molar-refractivity contribution is 6.46. The number of aliphatic hydroxyl groups excluding tert-OH is 1. The monoisotopic (exact) mass is 461 g/mol. The Balaban J connectivity index is 1.71. The summed E-state index contributed by atoms with van der Waals surface area (Å²) in [4.78, 5) is 33.3. The van der Waals surface area contributed by atoms with Crippen LogP contribution in [0.25, 0.3) is 16.7 Å². The lowest BCUT2D eigenvalue weighted by atomic mass is 9.93. The molecule has 0 saturated carbocycles. The second-order valence-electron chi connectivity index (χ2n) is 8.65. The molecule has 0 bridgehead atoms. The summed E-state index contributed by atoms with van der Waals surface area (Å²) in [6.07, 6.45) is 0. The number of anilines is 1. The standard InChI is InChI=1S/C26H27N3O5/c1-15-21(17-6-4-5-7-18(17)27-15)23-22(25(31)26(32)29(23)11-12-33-3)24(30)16-8-9-20-19(14-16)28(2)10-13-34-20/h4-9,14,23,27,30H,10-13H2,1-3H3/b24-22+. The summed E-state index contributed by atoms with van der Waals surface area (Å²) in [5.41, 5.74) is 3.89. The number of likely N-dealkylation sites (N-methyl/N-ethyl adjacent to an activating group) is 1. The number of amides is 1. The number of methoxy groups -OCH3 is 1. The molecule has 1 saturated heterocycles. The first-order valence-electron chi connectivity index (χ1n) is 11.2. The predicted molar refractivity (Wildman–Crippen MR) is 129 cm³/mol. The van der Waals surface area contributed by atoms with Crippen LogP contribution in [0.2, 0.25) is 0 Å². The lowest BCUT2D eigenvalue weighted by Crippen LogP contribution is -2.32. The molecule has 3 aromatic rings. The van der Waals surface area contributed by atoms with E-state index in [0.717, 1.165) is 33.6 Å². The van der Waals surface area contributed by atoms with Crippen LogP contribution in [0.4, 0.5) is 5.69 Å². The van der Waals surface area contributed by atoms with Crippen molar-refractivity contribution in [3.8, 4) is 5.75 Å².